The van der Waals surface area contributed by atoms with Gasteiger partial charge in [-0.25, -0.2) is 0 Å². The van der Waals surface area contributed by atoms with Crippen LogP contribution >= 0.6 is 27.7 Å². The van der Waals surface area contributed by atoms with Crippen molar-refractivity contribution >= 4 is 39.3 Å². The van der Waals surface area contributed by atoms with Crippen LogP contribution < -0.4 is 5.32 Å². The van der Waals surface area contributed by atoms with Crippen LogP contribution in [-0.2, 0) is 4.79 Å². The zero-order valence-corrected chi connectivity index (χ0v) is 14.0. The van der Waals surface area contributed by atoms with E-state index in [0.717, 1.165) is 21.3 Å². The lowest BCUT2D eigenvalue weighted by atomic mass is 10.1. The second-order valence-corrected chi connectivity index (χ2v) is 8.08. The van der Waals surface area contributed by atoms with Crippen molar-refractivity contribution in [2.75, 3.05) is 11.1 Å². The Morgan fingerprint density at radius 2 is 1.78 bits per heavy atom. The molecular formula is C14H20BrNOS. The molecule has 1 N–H and O–H groups in total. The molecule has 0 heterocycles. The number of hydrogen-bond acceptors (Lipinski definition) is 2. The first kappa shape index (κ1) is 15.6. The van der Waals surface area contributed by atoms with E-state index in [-0.39, 0.29) is 10.7 Å². The number of nitrogens with one attached hydrogen (secondary N) is 1. The lowest BCUT2D eigenvalue weighted by Gasteiger charge is -2.18. The highest BCUT2D eigenvalue weighted by Crippen LogP contribution is 2.26. The van der Waals surface area contributed by atoms with E-state index < -0.39 is 0 Å². The van der Waals surface area contributed by atoms with Crippen LogP contribution in [0.25, 0.3) is 0 Å². The molecule has 1 rings (SSSR count). The van der Waals surface area contributed by atoms with E-state index in [9.17, 15) is 4.79 Å². The predicted octanol–water partition coefficient (Wildman–Crippen LogP) is 4.54. The first-order valence-corrected chi connectivity index (χ1v) is 7.67. The molecule has 0 aliphatic carbocycles. The summed E-state index contributed by atoms with van der Waals surface area (Å²) in [7, 11) is 0. The topological polar surface area (TPSA) is 29.1 Å². The fourth-order valence-corrected chi connectivity index (χ4v) is 2.89. The fraction of sp³-hybridized carbons (Fsp3) is 0.500. The van der Waals surface area contributed by atoms with Crippen molar-refractivity contribution in [3.8, 4) is 0 Å². The predicted molar refractivity (Wildman–Crippen MR) is 84.5 cm³/mol. The monoisotopic (exact) mass is 329 g/mol. The first-order chi connectivity index (χ1) is 8.19. The lowest BCUT2D eigenvalue weighted by molar-refractivity contribution is -0.113. The normalized spacial score (nSPS) is 11.4. The van der Waals surface area contributed by atoms with Crippen molar-refractivity contribution in [3.05, 3.63) is 27.7 Å². The summed E-state index contributed by atoms with van der Waals surface area (Å²) in [4.78, 5) is 11.9. The molecule has 0 fully saturated rings. The van der Waals surface area contributed by atoms with E-state index in [1.807, 2.05) is 26.0 Å². The van der Waals surface area contributed by atoms with Gasteiger partial charge in [0.2, 0.25) is 5.91 Å². The Kier molecular flexibility index (Phi) is 5.29. The maximum atomic E-state index is 11.9. The SMILES string of the molecule is Cc1cc(Br)cc(C)c1NC(=O)CSC(C)(C)C. The zero-order chi connectivity index (χ0) is 13.9. The summed E-state index contributed by atoms with van der Waals surface area (Å²) >= 11 is 5.11. The number of amides is 1. The van der Waals surface area contributed by atoms with Crippen molar-refractivity contribution in [2.45, 2.75) is 39.4 Å². The molecule has 0 atom stereocenters. The van der Waals surface area contributed by atoms with Gasteiger partial charge < -0.3 is 5.32 Å². The maximum Gasteiger partial charge on any atom is 0.234 e. The minimum absolute atomic E-state index is 0.0587. The zero-order valence-electron chi connectivity index (χ0n) is 11.6. The van der Waals surface area contributed by atoms with Crippen LogP contribution in [0.2, 0.25) is 0 Å². The summed E-state index contributed by atoms with van der Waals surface area (Å²) in [5, 5.41) is 3.00. The third-order valence-electron chi connectivity index (χ3n) is 2.40. The number of aryl methyl sites for hydroxylation is 2. The number of thioether (sulfide) groups is 1. The van der Waals surface area contributed by atoms with Crippen LogP contribution in [-0.4, -0.2) is 16.4 Å². The summed E-state index contributed by atoms with van der Waals surface area (Å²) < 4.78 is 1.15. The standard InChI is InChI=1S/C14H20BrNOS/c1-9-6-11(15)7-10(2)13(9)16-12(17)8-18-14(3,4)5/h6-7H,8H2,1-5H3,(H,16,17). The Morgan fingerprint density at radius 3 is 2.22 bits per heavy atom. The van der Waals surface area contributed by atoms with Crippen molar-refractivity contribution < 1.29 is 4.79 Å². The van der Waals surface area contributed by atoms with Crippen molar-refractivity contribution in [2.24, 2.45) is 0 Å². The molecule has 100 valence electrons. The summed E-state index contributed by atoms with van der Waals surface area (Å²) in [5.41, 5.74) is 3.09. The molecule has 0 aliphatic rings. The molecule has 1 amide bonds. The Hall–Kier alpha value is -0.480. The van der Waals surface area contributed by atoms with Gasteiger partial charge in [0.1, 0.15) is 0 Å². The van der Waals surface area contributed by atoms with Gasteiger partial charge in [-0.1, -0.05) is 36.7 Å². The molecule has 0 aliphatic heterocycles. The van der Waals surface area contributed by atoms with Crippen LogP contribution in [0.3, 0.4) is 0 Å². The molecule has 2 nitrogen and oxygen atoms in total. The average molecular weight is 330 g/mol. The van der Waals surface area contributed by atoms with Crippen molar-refractivity contribution in [3.63, 3.8) is 0 Å². The van der Waals surface area contributed by atoms with Crippen molar-refractivity contribution in [1.29, 1.82) is 0 Å². The number of carbonyl (C=O) groups is 1. The molecule has 4 heteroatoms. The van der Waals surface area contributed by atoms with Gasteiger partial charge in [0.25, 0.3) is 0 Å². The van der Waals surface area contributed by atoms with E-state index in [0.29, 0.717) is 5.75 Å². The molecule has 1 aromatic rings. The molecular weight excluding hydrogens is 310 g/mol. The summed E-state index contributed by atoms with van der Waals surface area (Å²) in [5.74, 6) is 0.543. The van der Waals surface area contributed by atoms with Crippen LogP contribution in [0.4, 0.5) is 5.69 Å². The second kappa shape index (κ2) is 6.11. The Labute approximate surface area is 122 Å². The third kappa shape index (κ3) is 5.02. The average Bonchev–Trinajstić information content (AvgIpc) is 2.19. The van der Waals surface area contributed by atoms with Crippen LogP contribution in [0.5, 0.6) is 0 Å². The van der Waals surface area contributed by atoms with Gasteiger partial charge in [0.15, 0.2) is 0 Å². The number of halogens is 1. The number of carbonyl (C=O) groups excluding carboxylic acids is 1. The van der Waals surface area contributed by atoms with Crippen LogP contribution in [0.15, 0.2) is 16.6 Å². The second-order valence-electron chi connectivity index (χ2n) is 5.36. The maximum absolute atomic E-state index is 11.9. The summed E-state index contributed by atoms with van der Waals surface area (Å²) in [6.07, 6.45) is 0. The number of anilines is 1. The highest BCUT2D eigenvalue weighted by atomic mass is 79.9. The minimum atomic E-state index is 0.0587. The van der Waals surface area contributed by atoms with Gasteiger partial charge >= 0.3 is 0 Å². The summed E-state index contributed by atoms with van der Waals surface area (Å²) in [6.45, 7) is 10.3. The van der Waals surface area contributed by atoms with Gasteiger partial charge in [-0.05, 0) is 37.1 Å². The number of benzene rings is 1. The highest BCUT2D eigenvalue weighted by Gasteiger charge is 2.14. The third-order valence-corrected chi connectivity index (χ3v) is 4.13. The fourth-order valence-electron chi connectivity index (χ4n) is 1.57. The van der Waals surface area contributed by atoms with Crippen molar-refractivity contribution in [1.82, 2.24) is 0 Å². The molecule has 0 unspecified atom stereocenters. The lowest BCUT2D eigenvalue weighted by Crippen LogP contribution is -2.19. The number of rotatable bonds is 3. The Bertz CT molecular complexity index is 429. The van der Waals surface area contributed by atoms with Gasteiger partial charge in [-0.15, -0.1) is 11.8 Å². The molecule has 0 saturated heterocycles. The van der Waals surface area contributed by atoms with E-state index in [2.05, 4.69) is 42.0 Å². The summed E-state index contributed by atoms with van der Waals surface area (Å²) in [6, 6.07) is 4.03. The van der Waals surface area contributed by atoms with Gasteiger partial charge in [0, 0.05) is 14.9 Å². The van der Waals surface area contributed by atoms with Crippen LogP contribution in [0, 0.1) is 13.8 Å². The largest absolute Gasteiger partial charge is 0.325 e. The molecule has 18 heavy (non-hydrogen) atoms. The van der Waals surface area contributed by atoms with Crippen LogP contribution in [0.1, 0.15) is 31.9 Å². The molecule has 0 saturated carbocycles. The smallest absolute Gasteiger partial charge is 0.234 e. The van der Waals surface area contributed by atoms with Gasteiger partial charge in [-0.3, -0.25) is 4.79 Å². The van der Waals surface area contributed by atoms with E-state index in [1.165, 1.54) is 0 Å². The highest BCUT2D eigenvalue weighted by molar-refractivity contribution is 9.10. The quantitative estimate of drug-likeness (QED) is 0.882. The van der Waals surface area contributed by atoms with E-state index in [4.69, 9.17) is 0 Å². The Balaban J connectivity index is 2.71. The Morgan fingerprint density at radius 1 is 1.28 bits per heavy atom. The first-order valence-electron chi connectivity index (χ1n) is 5.89. The van der Waals surface area contributed by atoms with E-state index >= 15 is 0 Å². The molecule has 1 aromatic carbocycles. The molecule has 0 spiro atoms. The minimum Gasteiger partial charge on any atom is -0.325 e. The molecule has 0 bridgehead atoms. The van der Waals surface area contributed by atoms with Gasteiger partial charge in [0.05, 0.1) is 5.75 Å². The van der Waals surface area contributed by atoms with Gasteiger partial charge in [-0.2, -0.15) is 0 Å². The number of hydrogen-bond donors (Lipinski definition) is 1. The molecule has 0 aromatic heterocycles. The molecule has 0 radical (unpaired) electrons. The van der Waals surface area contributed by atoms with E-state index in [1.54, 1.807) is 11.8 Å².